The summed E-state index contributed by atoms with van der Waals surface area (Å²) in [6.45, 7) is 4.13. The summed E-state index contributed by atoms with van der Waals surface area (Å²) in [6, 6.07) is 0. The van der Waals surface area contributed by atoms with Gasteiger partial charge in [-0.3, -0.25) is 0 Å². The number of hydrogen-bond acceptors (Lipinski definition) is 5. The molecule has 0 spiro atoms. The summed E-state index contributed by atoms with van der Waals surface area (Å²) in [4.78, 5) is 3.98. The second kappa shape index (κ2) is 3.52. The second-order valence-corrected chi connectivity index (χ2v) is 3.87. The van der Waals surface area contributed by atoms with Crippen molar-refractivity contribution in [3.63, 3.8) is 0 Å². The zero-order chi connectivity index (χ0) is 8.27. The first-order valence-electron chi connectivity index (χ1n) is 3.30. The van der Waals surface area contributed by atoms with E-state index in [4.69, 9.17) is 5.73 Å². The van der Waals surface area contributed by atoms with Crippen molar-refractivity contribution in [3.8, 4) is 0 Å². The lowest BCUT2D eigenvalue weighted by molar-refractivity contribution is 0.842. The maximum Gasteiger partial charge on any atom is 0.211 e. The summed E-state index contributed by atoms with van der Waals surface area (Å²) in [5, 5.41) is 8.58. The Morgan fingerprint density at radius 1 is 1.55 bits per heavy atom. The van der Waals surface area contributed by atoms with Gasteiger partial charge in [0.25, 0.3) is 0 Å². The first kappa shape index (κ1) is 8.26. The van der Waals surface area contributed by atoms with E-state index in [2.05, 4.69) is 29.0 Å². The molecule has 0 fully saturated rings. The van der Waals surface area contributed by atoms with E-state index in [1.807, 2.05) is 0 Å². The Balaban J connectivity index is 2.71. The Hall–Kier alpha value is -0.840. The highest BCUT2D eigenvalue weighted by atomic mass is 32.2. The van der Waals surface area contributed by atoms with Gasteiger partial charge in [0.2, 0.25) is 5.16 Å². The predicted octanol–water partition coefficient (Wildman–Crippen LogP) is 0.954. The number of nitrogens with two attached hydrogens (primary N) is 1. The van der Waals surface area contributed by atoms with Crippen molar-refractivity contribution < 1.29 is 0 Å². The zero-order valence-corrected chi connectivity index (χ0v) is 7.30. The maximum absolute atomic E-state index is 5.41. The van der Waals surface area contributed by atoms with Gasteiger partial charge in [-0.15, -0.1) is 5.10 Å². The fourth-order valence-electron chi connectivity index (χ4n) is 0.560. The fraction of sp³-hybridized carbons (Fsp3) is 0.500. The minimum atomic E-state index is 0.420. The monoisotopic (exact) mass is 170 g/mol. The van der Waals surface area contributed by atoms with Crippen molar-refractivity contribution >= 4 is 17.6 Å². The van der Waals surface area contributed by atoms with Crippen LogP contribution < -0.4 is 5.73 Å². The molecule has 0 aliphatic rings. The quantitative estimate of drug-likeness (QED) is 0.669. The molecule has 0 atom stereocenters. The highest BCUT2D eigenvalue weighted by molar-refractivity contribution is 7.99. The molecule has 60 valence electrons. The molecule has 0 saturated carbocycles. The summed E-state index contributed by atoms with van der Waals surface area (Å²) >= 11 is 1.55. The number of aromatic nitrogens is 3. The van der Waals surface area contributed by atoms with Gasteiger partial charge in [0.05, 0.1) is 6.20 Å². The number of hydrogen-bond donors (Lipinski definition) is 1. The molecule has 0 aliphatic heterocycles. The minimum Gasteiger partial charge on any atom is -0.382 e. The van der Waals surface area contributed by atoms with Gasteiger partial charge in [0.1, 0.15) is 5.82 Å². The molecule has 11 heavy (non-hydrogen) atoms. The van der Waals surface area contributed by atoms with Crippen LogP contribution >= 0.6 is 11.8 Å². The Bertz CT molecular complexity index is 238. The largest absolute Gasteiger partial charge is 0.382 e. The van der Waals surface area contributed by atoms with E-state index < -0.39 is 0 Å². The lowest BCUT2D eigenvalue weighted by Crippen LogP contribution is -1.98. The molecule has 1 aromatic heterocycles. The molecule has 0 aromatic carbocycles. The zero-order valence-electron chi connectivity index (χ0n) is 6.48. The van der Waals surface area contributed by atoms with Crippen LogP contribution in [0.3, 0.4) is 0 Å². The van der Waals surface area contributed by atoms with E-state index in [0.717, 1.165) is 0 Å². The third-order valence-corrected chi connectivity index (χ3v) is 1.75. The van der Waals surface area contributed by atoms with Gasteiger partial charge in [-0.05, 0) is 0 Å². The van der Waals surface area contributed by atoms with Crippen molar-refractivity contribution in [2.45, 2.75) is 24.3 Å². The van der Waals surface area contributed by atoms with Crippen molar-refractivity contribution in [1.82, 2.24) is 15.2 Å². The smallest absolute Gasteiger partial charge is 0.211 e. The standard InChI is InChI=1S/C6H10N4S/c1-4(2)11-6-9-5(7)3-8-10-6/h3-4H,1-2H3,(H2,7,9,10). The van der Waals surface area contributed by atoms with Crippen LogP contribution in [0.5, 0.6) is 0 Å². The Morgan fingerprint density at radius 3 is 2.82 bits per heavy atom. The molecule has 0 saturated heterocycles. The topological polar surface area (TPSA) is 64.7 Å². The lowest BCUT2D eigenvalue weighted by Gasteiger charge is -2.00. The van der Waals surface area contributed by atoms with Crippen molar-refractivity contribution in [1.29, 1.82) is 0 Å². The molecule has 4 nitrogen and oxygen atoms in total. The van der Waals surface area contributed by atoms with Crippen LogP contribution in [0.4, 0.5) is 5.82 Å². The van der Waals surface area contributed by atoms with E-state index in [0.29, 0.717) is 16.2 Å². The summed E-state index contributed by atoms with van der Waals surface area (Å²) in [5.74, 6) is 0.420. The minimum absolute atomic E-state index is 0.420. The fourth-order valence-corrected chi connectivity index (χ4v) is 1.23. The highest BCUT2D eigenvalue weighted by Gasteiger charge is 2.01. The van der Waals surface area contributed by atoms with E-state index in [-0.39, 0.29) is 0 Å². The van der Waals surface area contributed by atoms with Crippen LogP contribution in [0.25, 0.3) is 0 Å². The Morgan fingerprint density at radius 2 is 2.27 bits per heavy atom. The summed E-state index contributed by atoms with van der Waals surface area (Å²) in [5.41, 5.74) is 5.41. The lowest BCUT2D eigenvalue weighted by atomic mass is 10.6. The molecular formula is C6H10N4S. The van der Waals surface area contributed by atoms with Gasteiger partial charge in [0.15, 0.2) is 0 Å². The van der Waals surface area contributed by atoms with Crippen LogP contribution in [0.15, 0.2) is 11.4 Å². The summed E-state index contributed by atoms with van der Waals surface area (Å²) < 4.78 is 0. The molecular weight excluding hydrogens is 160 g/mol. The number of nitrogen functional groups attached to an aromatic ring is 1. The SMILES string of the molecule is CC(C)Sc1nncc(N)n1. The number of nitrogens with zero attached hydrogens (tertiary/aromatic N) is 3. The van der Waals surface area contributed by atoms with Crippen molar-refractivity contribution in [2.24, 2.45) is 0 Å². The van der Waals surface area contributed by atoms with Gasteiger partial charge in [-0.25, -0.2) is 4.98 Å². The summed E-state index contributed by atoms with van der Waals surface area (Å²) in [7, 11) is 0. The number of rotatable bonds is 2. The van der Waals surface area contributed by atoms with E-state index in [9.17, 15) is 0 Å². The molecule has 0 aliphatic carbocycles. The molecule has 0 amide bonds. The van der Waals surface area contributed by atoms with Crippen LogP contribution in [-0.4, -0.2) is 20.4 Å². The van der Waals surface area contributed by atoms with E-state index in [1.54, 1.807) is 11.8 Å². The van der Waals surface area contributed by atoms with Crippen LogP contribution in [0, 0.1) is 0 Å². The maximum atomic E-state index is 5.41. The molecule has 1 rings (SSSR count). The molecule has 0 radical (unpaired) electrons. The molecule has 5 heteroatoms. The number of anilines is 1. The van der Waals surface area contributed by atoms with Gasteiger partial charge < -0.3 is 5.73 Å². The van der Waals surface area contributed by atoms with Gasteiger partial charge in [0, 0.05) is 5.25 Å². The molecule has 1 aromatic rings. The van der Waals surface area contributed by atoms with Gasteiger partial charge in [-0.2, -0.15) is 5.10 Å². The second-order valence-electron chi connectivity index (χ2n) is 2.33. The van der Waals surface area contributed by atoms with Crippen LogP contribution in [0.2, 0.25) is 0 Å². The van der Waals surface area contributed by atoms with Gasteiger partial charge in [-0.1, -0.05) is 25.6 Å². The molecule has 2 N–H and O–H groups in total. The Labute approximate surface area is 69.6 Å². The molecule has 0 unspecified atom stereocenters. The average molecular weight is 170 g/mol. The predicted molar refractivity (Wildman–Crippen MR) is 45.2 cm³/mol. The normalized spacial score (nSPS) is 10.5. The average Bonchev–Trinajstić information content (AvgIpc) is 1.85. The van der Waals surface area contributed by atoms with Crippen molar-refractivity contribution in [2.75, 3.05) is 5.73 Å². The highest BCUT2D eigenvalue weighted by Crippen LogP contribution is 2.17. The summed E-state index contributed by atoms with van der Waals surface area (Å²) in [6.07, 6.45) is 1.43. The molecule has 0 bridgehead atoms. The van der Waals surface area contributed by atoms with Crippen LogP contribution in [0.1, 0.15) is 13.8 Å². The first-order valence-corrected chi connectivity index (χ1v) is 4.18. The number of thioether (sulfide) groups is 1. The van der Waals surface area contributed by atoms with E-state index >= 15 is 0 Å². The van der Waals surface area contributed by atoms with Crippen molar-refractivity contribution in [3.05, 3.63) is 6.20 Å². The van der Waals surface area contributed by atoms with Crippen LogP contribution in [-0.2, 0) is 0 Å². The third kappa shape index (κ3) is 2.71. The Kier molecular flexibility index (Phi) is 2.64. The third-order valence-electron chi connectivity index (χ3n) is 0.899. The first-order chi connectivity index (χ1) is 5.18. The van der Waals surface area contributed by atoms with Gasteiger partial charge >= 0.3 is 0 Å². The van der Waals surface area contributed by atoms with E-state index in [1.165, 1.54) is 6.20 Å². The molecule has 1 heterocycles.